The zero-order valence-corrected chi connectivity index (χ0v) is 5.29. The Morgan fingerprint density at radius 2 is 2.22 bits per heavy atom. The number of ether oxygens (including phenoxy) is 1. The summed E-state index contributed by atoms with van der Waals surface area (Å²) >= 11 is 0. The van der Waals surface area contributed by atoms with E-state index in [1.165, 1.54) is 0 Å². The molecule has 1 aliphatic rings. The molecule has 2 atom stereocenters. The standard InChI is InChI=1S/C6H12O3/c7-2-1-5-3-9-4-6(5)8/h5-8H,1-4H2. The second-order valence-corrected chi connectivity index (χ2v) is 2.38. The minimum Gasteiger partial charge on any atom is -0.396 e. The normalized spacial score (nSPS) is 35.3. The topological polar surface area (TPSA) is 49.7 Å². The molecule has 0 aromatic rings. The van der Waals surface area contributed by atoms with E-state index >= 15 is 0 Å². The van der Waals surface area contributed by atoms with Gasteiger partial charge in [-0.05, 0) is 6.42 Å². The summed E-state index contributed by atoms with van der Waals surface area (Å²) in [5, 5.41) is 17.6. The minimum atomic E-state index is -0.350. The summed E-state index contributed by atoms with van der Waals surface area (Å²) in [6.07, 6.45) is 0.304. The number of hydrogen-bond donors (Lipinski definition) is 2. The van der Waals surface area contributed by atoms with Crippen molar-refractivity contribution in [2.75, 3.05) is 19.8 Å². The van der Waals surface area contributed by atoms with Crippen LogP contribution in [0.4, 0.5) is 0 Å². The Kier molecular flexibility index (Phi) is 2.45. The highest BCUT2D eigenvalue weighted by atomic mass is 16.5. The third kappa shape index (κ3) is 1.64. The Hall–Kier alpha value is -0.120. The molecule has 2 unspecified atom stereocenters. The maximum Gasteiger partial charge on any atom is 0.0824 e. The third-order valence-electron chi connectivity index (χ3n) is 1.66. The minimum absolute atomic E-state index is 0.144. The van der Waals surface area contributed by atoms with E-state index in [-0.39, 0.29) is 18.6 Å². The number of aliphatic hydroxyl groups excluding tert-OH is 2. The molecule has 54 valence electrons. The first-order valence-corrected chi connectivity index (χ1v) is 3.21. The Labute approximate surface area is 54.3 Å². The molecule has 0 bridgehead atoms. The fourth-order valence-electron chi connectivity index (χ4n) is 1.03. The maximum atomic E-state index is 9.08. The predicted octanol–water partition coefficient (Wildman–Crippen LogP) is -0.624. The zero-order valence-electron chi connectivity index (χ0n) is 5.29. The Morgan fingerprint density at radius 3 is 2.67 bits per heavy atom. The summed E-state index contributed by atoms with van der Waals surface area (Å²) in [5.74, 6) is 0.162. The van der Waals surface area contributed by atoms with E-state index in [9.17, 15) is 0 Å². The number of aliphatic hydroxyl groups is 2. The van der Waals surface area contributed by atoms with E-state index in [2.05, 4.69) is 0 Å². The highest BCUT2D eigenvalue weighted by Crippen LogP contribution is 2.15. The summed E-state index contributed by atoms with van der Waals surface area (Å²) < 4.78 is 4.96. The smallest absolute Gasteiger partial charge is 0.0824 e. The van der Waals surface area contributed by atoms with Crippen LogP contribution in [0, 0.1) is 5.92 Å². The fraction of sp³-hybridized carbons (Fsp3) is 1.00. The van der Waals surface area contributed by atoms with Gasteiger partial charge in [-0.2, -0.15) is 0 Å². The average molecular weight is 132 g/mol. The first-order valence-electron chi connectivity index (χ1n) is 3.21. The summed E-state index contributed by atoms with van der Waals surface area (Å²) in [6.45, 7) is 1.18. The Bertz CT molecular complexity index is 84.4. The van der Waals surface area contributed by atoms with Gasteiger partial charge in [-0.25, -0.2) is 0 Å². The fourth-order valence-corrected chi connectivity index (χ4v) is 1.03. The van der Waals surface area contributed by atoms with Crippen LogP contribution < -0.4 is 0 Å². The van der Waals surface area contributed by atoms with Crippen molar-refractivity contribution in [3.05, 3.63) is 0 Å². The van der Waals surface area contributed by atoms with Crippen molar-refractivity contribution in [2.24, 2.45) is 5.92 Å². The Morgan fingerprint density at radius 1 is 1.44 bits per heavy atom. The van der Waals surface area contributed by atoms with Crippen LogP contribution in [0.1, 0.15) is 6.42 Å². The monoisotopic (exact) mass is 132 g/mol. The Balaban J connectivity index is 2.22. The van der Waals surface area contributed by atoms with Gasteiger partial charge in [0.05, 0.1) is 19.3 Å². The molecule has 1 heterocycles. The van der Waals surface area contributed by atoms with Crippen LogP contribution in [0.3, 0.4) is 0 Å². The van der Waals surface area contributed by atoms with Gasteiger partial charge in [-0.3, -0.25) is 0 Å². The molecule has 3 heteroatoms. The van der Waals surface area contributed by atoms with Crippen LogP contribution in [0.2, 0.25) is 0 Å². The summed E-state index contributed by atoms with van der Waals surface area (Å²) in [6, 6.07) is 0. The highest BCUT2D eigenvalue weighted by molar-refractivity contribution is 4.73. The number of hydrogen-bond acceptors (Lipinski definition) is 3. The predicted molar refractivity (Wildman–Crippen MR) is 32.0 cm³/mol. The lowest BCUT2D eigenvalue weighted by Gasteiger charge is -2.08. The molecule has 0 amide bonds. The van der Waals surface area contributed by atoms with Crippen molar-refractivity contribution in [3.63, 3.8) is 0 Å². The molecule has 3 nitrogen and oxygen atoms in total. The van der Waals surface area contributed by atoms with Crippen molar-refractivity contribution in [1.29, 1.82) is 0 Å². The molecule has 0 aliphatic carbocycles. The maximum absolute atomic E-state index is 9.08. The second kappa shape index (κ2) is 3.15. The van der Waals surface area contributed by atoms with Crippen molar-refractivity contribution >= 4 is 0 Å². The van der Waals surface area contributed by atoms with Gasteiger partial charge >= 0.3 is 0 Å². The average Bonchev–Trinajstić information content (AvgIpc) is 2.18. The quantitative estimate of drug-likeness (QED) is 0.526. The zero-order chi connectivity index (χ0) is 6.69. The van der Waals surface area contributed by atoms with Gasteiger partial charge in [0.25, 0.3) is 0 Å². The molecule has 0 aromatic carbocycles. The lowest BCUT2D eigenvalue weighted by molar-refractivity contribution is 0.112. The first-order chi connectivity index (χ1) is 4.34. The van der Waals surface area contributed by atoms with Gasteiger partial charge in [-0.15, -0.1) is 0 Å². The summed E-state index contributed by atoms with van der Waals surface area (Å²) in [7, 11) is 0. The van der Waals surface area contributed by atoms with Gasteiger partial charge in [0.2, 0.25) is 0 Å². The van der Waals surface area contributed by atoms with Crippen molar-refractivity contribution in [2.45, 2.75) is 12.5 Å². The van der Waals surface area contributed by atoms with Crippen molar-refractivity contribution < 1.29 is 14.9 Å². The van der Waals surface area contributed by atoms with Crippen LogP contribution in [-0.4, -0.2) is 36.1 Å². The molecule has 0 radical (unpaired) electrons. The van der Waals surface area contributed by atoms with Crippen LogP contribution in [0.15, 0.2) is 0 Å². The lowest BCUT2D eigenvalue weighted by Crippen LogP contribution is -2.18. The van der Waals surface area contributed by atoms with Crippen LogP contribution in [0.5, 0.6) is 0 Å². The van der Waals surface area contributed by atoms with Gasteiger partial charge in [-0.1, -0.05) is 0 Å². The van der Waals surface area contributed by atoms with Gasteiger partial charge in [0.15, 0.2) is 0 Å². The molecular weight excluding hydrogens is 120 g/mol. The van der Waals surface area contributed by atoms with E-state index in [0.717, 1.165) is 0 Å². The van der Waals surface area contributed by atoms with Crippen molar-refractivity contribution in [1.82, 2.24) is 0 Å². The van der Waals surface area contributed by atoms with E-state index in [1.54, 1.807) is 0 Å². The molecule has 1 aliphatic heterocycles. The molecule has 1 saturated heterocycles. The SMILES string of the molecule is OCCC1COCC1O. The highest BCUT2D eigenvalue weighted by Gasteiger charge is 2.24. The van der Waals surface area contributed by atoms with Gasteiger partial charge in [0, 0.05) is 12.5 Å². The molecule has 0 saturated carbocycles. The van der Waals surface area contributed by atoms with Crippen LogP contribution in [-0.2, 0) is 4.74 Å². The largest absolute Gasteiger partial charge is 0.396 e. The van der Waals surface area contributed by atoms with Crippen LogP contribution in [0.25, 0.3) is 0 Å². The third-order valence-corrected chi connectivity index (χ3v) is 1.66. The second-order valence-electron chi connectivity index (χ2n) is 2.38. The van der Waals surface area contributed by atoms with E-state index in [1.807, 2.05) is 0 Å². The van der Waals surface area contributed by atoms with Gasteiger partial charge in [0.1, 0.15) is 0 Å². The van der Waals surface area contributed by atoms with Crippen LogP contribution >= 0.6 is 0 Å². The number of rotatable bonds is 2. The van der Waals surface area contributed by atoms with E-state index in [0.29, 0.717) is 19.6 Å². The molecule has 0 spiro atoms. The first kappa shape index (κ1) is 6.99. The summed E-state index contributed by atoms with van der Waals surface area (Å²) in [4.78, 5) is 0. The lowest BCUT2D eigenvalue weighted by atomic mass is 10.0. The molecule has 2 N–H and O–H groups in total. The molecule has 1 rings (SSSR count). The van der Waals surface area contributed by atoms with Gasteiger partial charge < -0.3 is 14.9 Å². The van der Waals surface area contributed by atoms with Crippen molar-refractivity contribution in [3.8, 4) is 0 Å². The molecule has 1 fully saturated rings. The van der Waals surface area contributed by atoms with E-state index in [4.69, 9.17) is 14.9 Å². The molecule has 0 aromatic heterocycles. The summed E-state index contributed by atoms with van der Waals surface area (Å²) in [5.41, 5.74) is 0. The molecule has 9 heavy (non-hydrogen) atoms. The van der Waals surface area contributed by atoms with E-state index < -0.39 is 0 Å². The molecular formula is C6H12O3.